The summed E-state index contributed by atoms with van der Waals surface area (Å²) in [6, 6.07) is 0.546. The Balaban J connectivity index is 2.36. The van der Waals surface area contributed by atoms with Gasteiger partial charge in [0, 0.05) is 19.0 Å². The molecule has 0 bridgehead atoms. The molecule has 1 atom stereocenters. The van der Waals surface area contributed by atoms with E-state index in [0.29, 0.717) is 11.9 Å². The van der Waals surface area contributed by atoms with Crippen molar-refractivity contribution in [2.24, 2.45) is 0 Å². The van der Waals surface area contributed by atoms with E-state index in [-0.39, 0.29) is 0 Å². The van der Waals surface area contributed by atoms with Crippen LogP contribution in [0.2, 0.25) is 0 Å². The first-order valence-corrected chi connectivity index (χ1v) is 5.59. The van der Waals surface area contributed by atoms with Crippen molar-refractivity contribution in [1.29, 1.82) is 0 Å². The van der Waals surface area contributed by atoms with Crippen LogP contribution in [0, 0.1) is 0 Å². The van der Waals surface area contributed by atoms with Gasteiger partial charge in [-0.3, -0.25) is 4.79 Å². The Morgan fingerprint density at radius 3 is 2.85 bits per heavy atom. The predicted octanol–water partition coefficient (Wildman–Crippen LogP) is 2.58. The molecule has 1 heterocycles. The quantitative estimate of drug-likeness (QED) is 0.656. The molecule has 0 aliphatic carbocycles. The first kappa shape index (κ1) is 10.6. The highest BCUT2D eigenvalue weighted by atomic mass is 16.2. The van der Waals surface area contributed by atoms with E-state index in [1.54, 1.807) is 0 Å². The second-order valence-corrected chi connectivity index (χ2v) is 3.89. The summed E-state index contributed by atoms with van der Waals surface area (Å²) in [5.41, 5.74) is 0. The standard InChI is InChI=1S/C11H21NO/c1-3-5-8-11(13)12-9-6-7-10(12)4-2/h10H,3-9H2,1-2H3/t10-/m0/s1. The molecule has 0 aromatic heterocycles. The van der Waals surface area contributed by atoms with Crippen molar-refractivity contribution in [3.05, 3.63) is 0 Å². The maximum Gasteiger partial charge on any atom is 0.222 e. The molecule has 1 fully saturated rings. The Labute approximate surface area is 81.3 Å². The highest BCUT2D eigenvalue weighted by Crippen LogP contribution is 2.20. The van der Waals surface area contributed by atoms with E-state index in [9.17, 15) is 4.79 Å². The van der Waals surface area contributed by atoms with Gasteiger partial charge in [0.05, 0.1) is 0 Å². The fraction of sp³-hybridized carbons (Fsp3) is 0.909. The van der Waals surface area contributed by atoms with Crippen molar-refractivity contribution >= 4 is 5.91 Å². The van der Waals surface area contributed by atoms with E-state index in [2.05, 4.69) is 18.7 Å². The van der Waals surface area contributed by atoms with Crippen molar-refractivity contribution in [3.8, 4) is 0 Å². The topological polar surface area (TPSA) is 20.3 Å². The minimum atomic E-state index is 0.381. The average molecular weight is 183 g/mol. The second kappa shape index (κ2) is 5.25. The van der Waals surface area contributed by atoms with Gasteiger partial charge in [-0.15, -0.1) is 0 Å². The number of nitrogens with zero attached hydrogens (tertiary/aromatic N) is 1. The summed E-state index contributed by atoms with van der Waals surface area (Å²) in [6.07, 6.45) is 6.47. The van der Waals surface area contributed by atoms with Crippen molar-refractivity contribution in [2.75, 3.05) is 6.54 Å². The molecule has 2 nitrogen and oxygen atoms in total. The zero-order chi connectivity index (χ0) is 9.68. The molecular weight excluding hydrogens is 162 g/mol. The maximum absolute atomic E-state index is 11.7. The van der Waals surface area contributed by atoms with E-state index in [0.717, 1.165) is 32.2 Å². The van der Waals surface area contributed by atoms with Crippen molar-refractivity contribution in [3.63, 3.8) is 0 Å². The molecule has 2 heteroatoms. The Morgan fingerprint density at radius 2 is 2.23 bits per heavy atom. The number of carbonyl (C=O) groups is 1. The van der Waals surface area contributed by atoms with E-state index in [1.807, 2.05) is 0 Å². The van der Waals surface area contributed by atoms with Crippen LogP contribution in [0.5, 0.6) is 0 Å². The lowest BCUT2D eigenvalue weighted by molar-refractivity contribution is -0.132. The van der Waals surface area contributed by atoms with Gasteiger partial charge in [-0.1, -0.05) is 20.3 Å². The van der Waals surface area contributed by atoms with Crippen LogP contribution in [0.3, 0.4) is 0 Å². The number of carbonyl (C=O) groups excluding carboxylic acids is 1. The third kappa shape index (κ3) is 2.71. The summed E-state index contributed by atoms with van der Waals surface area (Å²) in [5, 5.41) is 0. The van der Waals surface area contributed by atoms with Crippen LogP contribution < -0.4 is 0 Å². The maximum atomic E-state index is 11.7. The lowest BCUT2D eigenvalue weighted by Crippen LogP contribution is -2.34. The van der Waals surface area contributed by atoms with Gasteiger partial charge in [0.25, 0.3) is 0 Å². The minimum Gasteiger partial charge on any atom is -0.340 e. The number of unbranched alkanes of at least 4 members (excludes halogenated alkanes) is 1. The largest absolute Gasteiger partial charge is 0.340 e. The third-order valence-electron chi connectivity index (χ3n) is 2.91. The van der Waals surface area contributed by atoms with Crippen LogP contribution >= 0.6 is 0 Å². The zero-order valence-electron chi connectivity index (χ0n) is 8.88. The smallest absolute Gasteiger partial charge is 0.222 e. The van der Waals surface area contributed by atoms with Crippen LogP contribution in [0.15, 0.2) is 0 Å². The van der Waals surface area contributed by atoms with Crippen molar-refractivity contribution < 1.29 is 4.79 Å². The SMILES string of the molecule is CCCCC(=O)N1CCC[C@@H]1CC. The highest BCUT2D eigenvalue weighted by molar-refractivity contribution is 5.76. The van der Waals surface area contributed by atoms with Crippen molar-refractivity contribution in [2.45, 2.75) is 58.4 Å². The number of rotatable bonds is 4. The van der Waals surface area contributed by atoms with Crippen LogP contribution in [0.1, 0.15) is 52.4 Å². The van der Waals surface area contributed by atoms with Crippen molar-refractivity contribution in [1.82, 2.24) is 4.90 Å². The second-order valence-electron chi connectivity index (χ2n) is 3.89. The molecular formula is C11H21NO. The Bertz CT molecular complexity index is 167. The number of hydrogen-bond acceptors (Lipinski definition) is 1. The fourth-order valence-electron chi connectivity index (χ4n) is 2.06. The molecule has 0 unspecified atom stereocenters. The van der Waals surface area contributed by atoms with Gasteiger partial charge in [0.15, 0.2) is 0 Å². The first-order chi connectivity index (χ1) is 6.29. The van der Waals surface area contributed by atoms with Gasteiger partial charge in [-0.05, 0) is 25.7 Å². The summed E-state index contributed by atoms with van der Waals surface area (Å²) in [6.45, 7) is 5.31. The highest BCUT2D eigenvalue weighted by Gasteiger charge is 2.26. The van der Waals surface area contributed by atoms with Gasteiger partial charge in [-0.25, -0.2) is 0 Å². The molecule has 0 aromatic rings. The van der Waals surface area contributed by atoms with Crippen LogP contribution in [0.4, 0.5) is 0 Å². The molecule has 0 N–H and O–H groups in total. The Kier molecular flexibility index (Phi) is 4.26. The summed E-state index contributed by atoms with van der Waals surface area (Å²) in [7, 11) is 0. The normalized spacial score (nSPS) is 22.3. The summed E-state index contributed by atoms with van der Waals surface area (Å²) < 4.78 is 0. The number of hydrogen-bond donors (Lipinski definition) is 0. The first-order valence-electron chi connectivity index (χ1n) is 5.59. The third-order valence-corrected chi connectivity index (χ3v) is 2.91. The summed E-state index contributed by atoms with van der Waals surface area (Å²) in [4.78, 5) is 13.8. The lowest BCUT2D eigenvalue weighted by atomic mass is 10.1. The molecule has 1 rings (SSSR count). The average Bonchev–Trinajstić information content (AvgIpc) is 2.61. The molecule has 0 saturated carbocycles. The van der Waals surface area contributed by atoms with Gasteiger partial charge in [-0.2, -0.15) is 0 Å². The molecule has 0 spiro atoms. The summed E-state index contributed by atoms with van der Waals surface area (Å²) >= 11 is 0. The Morgan fingerprint density at radius 1 is 1.46 bits per heavy atom. The molecule has 13 heavy (non-hydrogen) atoms. The van der Waals surface area contributed by atoms with Crippen LogP contribution in [-0.2, 0) is 4.79 Å². The Hall–Kier alpha value is -0.530. The van der Waals surface area contributed by atoms with Gasteiger partial charge in [0.1, 0.15) is 0 Å². The van der Waals surface area contributed by atoms with E-state index < -0.39 is 0 Å². The number of amides is 1. The van der Waals surface area contributed by atoms with Gasteiger partial charge < -0.3 is 4.90 Å². The zero-order valence-corrected chi connectivity index (χ0v) is 8.88. The molecule has 1 aliphatic heterocycles. The molecule has 1 aliphatic rings. The van der Waals surface area contributed by atoms with Crippen LogP contribution in [0.25, 0.3) is 0 Å². The van der Waals surface area contributed by atoms with E-state index in [1.165, 1.54) is 12.8 Å². The fourth-order valence-corrected chi connectivity index (χ4v) is 2.06. The predicted molar refractivity (Wildman–Crippen MR) is 54.6 cm³/mol. The lowest BCUT2D eigenvalue weighted by Gasteiger charge is -2.23. The monoisotopic (exact) mass is 183 g/mol. The molecule has 1 saturated heterocycles. The van der Waals surface area contributed by atoms with Gasteiger partial charge >= 0.3 is 0 Å². The molecule has 76 valence electrons. The molecule has 0 radical (unpaired) electrons. The van der Waals surface area contributed by atoms with E-state index in [4.69, 9.17) is 0 Å². The minimum absolute atomic E-state index is 0.381. The molecule has 1 amide bonds. The van der Waals surface area contributed by atoms with Gasteiger partial charge in [0.2, 0.25) is 5.91 Å². The number of likely N-dealkylation sites (tertiary alicyclic amines) is 1. The molecule has 0 aromatic carbocycles. The van der Waals surface area contributed by atoms with Crippen LogP contribution in [-0.4, -0.2) is 23.4 Å². The van der Waals surface area contributed by atoms with E-state index >= 15 is 0 Å². The summed E-state index contributed by atoms with van der Waals surface area (Å²) in [5.74, 6) is 0.381.